The van der Waals surface area contributed by atoms with Crippen LogP contribution in [0.25, 0.3) is 0 Å². The second-order valence-corrected chi connectivity index (χ2v) is 5.48. The first kappa shape index (κ1) is 14.0. The Morgan fingerprint density at radius 2 is 2.19 bits per heavy atom. The summed E-state index contributed by atoms with van der Waals surface area (Å²) in [5.41, 5.74) is 1.16. The van der Waals surface area contributed by atoms with Crippen molar-refractivity contribution in [1.82, 2.24) is 5.32 Å². The molecule has 1 unspecified atom stereocenters. The minimum atomic E-state index is 0.555. The zero-order chi connectivity index (χ0) is 12.0. The topological polar surface area (TPSA) is 12.0 Å². The second kappa shape index (κ2) is 7.31. The highest BCUT2D eigenvalue weighted by Crippen LogP contribution is 2.21. The molecule has 90 valence electrons. The van der Waals surface area contributed by atoms with E-state index in [1.807, 2.05) is 12.1 Å². The molecular formula is C13H19BrClN. The van der Waals surface area contributed by atoms with E-state index >= 15 is 0 Å². The van der Waals surface area contributed by atoms with E-state index < -0.39 is 0 Å². The molecule has 0 aliphatic heterocycles. The monoisotopic (exact) mass is 303 g/mol. The number of benzene rings is 1. The highest BCUT2D eigenvalue weighted by molar-refractivity contribution is 9.10. The van der Waals surface area contributed by atoms with Gasteiger partial charge in [-0.2, -0.15) is 0 Å². The average Bonchev–Trinajstić information content (AvgIpc) is 2.25. The number of halogens is 2. The summed E-state index contributed by atoms with van der Waals surface area (Å²) in [6.07, 6.45) is 3.76. The molecule has 0 aliphatic carbocycles. The molecule has 1 aromatic carbocycles. The van der Waals surface area contributed by atoms with Gasteiger partial charge in [0.15, 0.2) is 0 Å². The Balaban J connectivity index is 2.42. The minimum absolute atomic E-state index is 0.555. The van der Waals surface area contributed by atoms with E-state index in [-0.39, 0.29) is 0 Å². The van der Waals surface area contributed by atoms with Crippen LogP contribution in [0.15, 0.2) is 22.7 Å². The van der Waals surface area contributed by atoms with Crippen molar-refractivity contribution < 1.29 is 0 Å². The Morgan fingerprint density at radius 1 is 1.44 bits per heavy atom. The molecule has 0 aromatic heterocycles. The van der Waals surface area contributed by atoms with Crippen molar-refractivity contribution in [1.29, 1.82) is 0 Å². The van der Waals surface area contributed by atoms with Crippen molar-refractivity contribution in [2.24, 2.45) is 0 Å². The van der Waals surface area contributed by atoms with Crippen LogP contribution in [0.5, 0.6) is 0 Å². The Hall–Kier alpha value is -0.0500. The number of hydrogen-bond donors (Lipinski definition) is 1. The fourth-order valence-electron chi connectivity index (χ4n) is 1.56. The van der Waals surface area contributed by atoms with Crippen molar-refractivity contribution in [3.05, 3.63) is 33.3 Å². The summed E-state index contributed by atoms with van der Waals surface area (Å²) in [6.45, 7) is 5.29. The number of hydrogen-bond acceptors (Lipinski definition) is 1. The Morgan fingerprint density at radius 3 is 2.81 bits per heavy atom. The summed E-state index contributed by atoms with van der Waals surface area (Å²) in [4.78, 5) is 0. The average molecular weight is 305 g/mol. The van der Waals surface area contributed by atoms with Crippen LogP contribution in [-0.4, -0.2) is 6.04 Å². The zero-order valence-corrected chi connectivity index (χ0v) is 12.2. The van der Waals surface area contributed by atoms with Gasteiger partial charge in [-0.1, -0.05) is 53.4 Å². The summed E-state index contributed by atoms with van der Waals surface area (Å²) in [5, 5.41) is 4.32. The van der Waals surface area contributed by atoms with Gasteiger partial charge in [0, 0.05) is 22.1 Å². The maximum Gasteiger partial charge on any atom is 0.0462 e. The molecule has 1 atom stereocenters. The lowest BCUT2D eigenvalue weighted by atomic mass is 10.1. The largest absolute Gasteiger partial charge is 0.310 e. The van der Waals surface area contributed by atoms with Crippen molar-refractivity contribution >= 4 is 27.5 Å². The normalized spacial score (nSPS) is 12.8. The van der Waals surface area contributed by atoms with E-state index in [0.29, 0.717) is 6.04 Å². The lowest BCUT2D eigenvalue weighted by molar-refractivity contribution is 0.495. The molecule has 16 heavy (non-hydrogen) atoms. The third kappa shape index (κ3) is 4.86. The highest BCUT2D eigenvalue weighted by Gasteiger charge is 2.04. The zero-order valence-electron chi connectivity index (χ0n) is 9.89. The number of nitrogens with one attached hydrogen (secondary N) is 1. The van der Waals surface area contributed by atoms with Crippen LogP contribution < -0.4 is 5.32 Å². The predicted octanol–water partition coefficient (Wildman–Crippen LogP) is 4.77. The molecule has 0 spiro atoms. The molecule has 0 aliphatic rings. The minimum Gasteiger partial charge on any atom is -0.310 e. The Bertz CT molecular complexity index is 328. The first-order valence-electron chi connectivity index (χ1n) is 5.80. The summed E-state index contributed by atoms with van der Waals surface area (Å²) in [6, 6.07) is 6.58. The van der Waals surface area contributed by atoms with Crippen LogP contribution in [0.3, 0.4) is 0 Å². The molecule has 1 aromatic rings. The van der Waals surface area contributed by atoms with Crippen LogP contribution >= 0.6 is 27.5 Å². The molecule has 1 rings (SSSR count). The van der Waals surface area contributed by atoms with Gasteiger partial charge in [-0.25, -0.2) is 0 Å². The maximum atomic E-state index is 6.15. The van der Waals surface area contributed by atoms with E-state index in [4.69, 9.17) is 11.6 Å². The van der Waals surface area contributed by atoms with Gasteiger partial charge >= 0.3 is 0 Å². The van der Waals surface area contributed by atoms with E-state index in [0.717, 1.165) is 21.6 Å². The van der Waals surface area contributed by atoms with Gasteiger partial charge in [-0.3, -0.25) is 0 Å². The first-order valence-corrected chi connectivity index (χ1v) is 6.98. The number of unbranched alkanes of at least 4 members (excludes halogenated alkanes) is 1. The van der Waals surface area contributed by atoms with Gasteiger partial charge in [-0.15, -0.1) is 0 Å². The molecular weight excluding hydrogens is 286 g/mol. The lowest BCUT2D eigenvalue weighted by Gasteiger charge is -2.14. The van der Waals surface area contributed by atoms with Crippen LogP contribution in [-0.2, 0) is 6.54 Å². The maximum absolute atomic E-state index is 6.15. The van der Waals surface area contributed by atoms with E-state index in [1.54, 1.807) is 0 Å². The third-order valence-corrected chi connectivity index (χ3v) is 3.49. The van der Waals surface area contributed by atoms with Crippen LogP contribution in [0.2, 0.25) is 5.02 Å². The van der Waals surface area contributed by atoms with Gasteiger partial charge in [-0.05, 0) is 31.0 Å². The van der Waals surface area contributed by atoms with Crippen LogP contribution in [0.1, 0.15) is 38.7 Å². The predicted molar refractivity (Wildman–Crippen MR) is 75.0 cm³/mol. The molecule has 0 bridgehead atoms. The van der Waals surface area contributed by atoms with Gasteiger partial charge in [0.1, 0.15) is 0 Å². The molecule has 0 saturated carbocycles. The molecule has 0 saturated heterocycles. The SMILES string of the molecule is CCCCC(C)NCc1ccc(Br)cc1Cl. The summed E-state index contributed by atoms with van der Waals surface area (Å²) in [5.74, 6) is 0. The smallest absolute Gasteiger partial charge is 0.0462 e. The Kier molecular flexibility index (Phi) is 6.40. The Labute approximate surface area is 112 Å². The fraction of sp³-hybridized carbons (Fsp3) is 0.538. The highest BCUT2D eigenvalue weighted by atomic mass is 79.9. The molecule has 0 fully saturated rings. The lowest BCUT2D eigenvalue weighted by Crippen LogP contribution is -2.25. The van der Waals surface area contributed by atoms with Gasteiger partial charge in [0.25, 0.3) is 0 Å². The first-order chi connectivity index (χ1) is 7.63. The van der Waals surface area contributed by atoms with Gasteiger partial charge in [0.05, 0.1) is 0 Å². The van der Waals surface area contributed by atoms with E-state index in [1.165, 1.54) is 19.3 Å². The van der Waals surface area contributed by atoms with E-state index in [9.17, 15) is 0 Å². The quantitative estimate of drug-likeness (QED) is 0.798. The second-order valence-electron chi connectivity index (χ2n) is 4.16. The third-order valence-electron chi connectivity index (χ3n) is 2.65. The molecule has 1 nitrogen and oxygen atoms in total. The van der Waals surface area contributed by atoms with Gasteiger partial charge in [0.2, 0.25) is 0 Å². The van der Waals surface area contributed by atoms with Crippen molar-refractivity contribution in [3.63, 3.8) is 0 Å². The van der Waals surface area contributed by atoms with Crippen molar-refractivity contribution in [3.8, 4) is 0 Å². The summed E-state index contributed by atoms with van der Waals surface area (Å²) in [7, 11) is 0. The molecule has 3 heteroatoms. The molecule has 0 heterocycles. The van der Waals surface area contributed by atoms with Crippen molar-refractivity contribution in [2.45, 2.75) is 45.7 Å². The van der Waals surface area contributed by atoms with Gasteiger partial charge < -0.3 is 5.32 Å². The summed E-state index contributed by atoms with van der Waals surface area (Å²) >= 11 is 9.55. The molecule has 0 amide bonds. The van der Waals surface area contributed by atoms with Crippen molar-refractivity contribution in [2.75, 3.05) is 0 Å². The number of rotatable bonds is 6. The van der Waals surface area contributed by atoms with Crippen LogP contribution in [0.4, 0.5) is 0 Å². The molecule has 1 N–H and O–H groups in total. The summed E-state index contributed by atoms with van der Waals surface area (Å²) < 4.78 is 1.03. The fourth-order valence-corrected chi connectivity index (χ4v) is 2.30. The standard InChI is InChI=1S/C13H19BrClN/c1-3-4-5-10(2)16-9-11-6-7-12(14)8-13(11)15/h6-8,10,16H,3-5,9H2,1-2H3. The molecule has 0 radical (unpaired) electrons. The van der Waals surface area contributed by atoms with E-state index in [2.05, 4.69) is 41.2 Å². The van der Waals surface area contributed by atoms with Crippen LogP contribution in [0, 0.1) is 0 Å².